The molecule has 1 atom stereocenters. The van der Waals surface area contributed by atoms with Gasteiger partial charge in [-0.3, -0.25) is 0 Å². The summed E-state index contributed by atoms with van der Waals surface area (Å²) in [5.74, 6) is 0.631. The number of nitrogens with zero attached hydrogens (tertiary/aromatic N) is 1. The lowest BCUT2D eigenvalue weighted by Crippen LogP contribution is -2.36. The number of methoxy groups -OCH3 is 1. The number of hydrogen-bond acceptors (Lipinski definition) is 4. The minimum Gasteiger partial charge on any atom is -0.497 e. The van der Waals surface area contributed by atoms with Crippen LogP contribution in [0.1, 0.15) is 13.3 Å². The van der Waals surface area contributed by atoms with Gasteiger partial charge >= 0.3 is 0 Å². The number of hydrogen-bond donors (Lipinski definition) is 1. The van der Waals surface area contributed by atoms with E-state index in [0.717, 1.165) is 0 Å². The zero-order valence-electron chi connectivity index (χ0n) is 11.0. The summed E-state index contributed by atoms with van der Waals surface area (Å²) in [6, 6.07) is 6.23. The highest BCUT2D eigenvalue weighted by Crippen LogP contribution is 2.20. The van der Waals surface area contributed by atoms with Crippen LogP contribution in [0.2, 0.25) is 0 Å². The second-order valence-electron chi connectivity index (χ2n) is 4.12. The van der Waals surface area contributed by atoms with Crippen LogP contribution in [0.4, 0.5) is 0 Å². The molecular weight excluding hydrogens is 252 g/mol. The summed E-state index contributed by atoms with van der Waals surface area (Å²) in [5.41, 5.74) is 5.45. The van der Waals surface area contributed by atoms with Crippen molar-refractivity contribution in [3.05, 3.63) is 24.3 Å². The Morgan fingerprint density at radius 2 is 1.89 bits per heavy atom. The Bertz CT molecular complexity index is 471. The topological polar surface area (TPSA) is 72.6 Å². The summed E-state index contributed by atoms with van der Waals surface area (Å²) in [6.45, 7) is 2.30. The van der Waals surface area contributed by atoms with Crippen LogP contribution in [0, 0.1) is 0 Å². The van der Waals surface area contributed by atoms with Crippen molar-refractivity contribution in [3.8, 4) is 5.75 Å². The molecule has 5 nitrogen and oxygen atoms in total. The van der Waals surface area contributed by atoms with E-state index in [0.29, 0.717) is 18.7 Å². The average molecular weight is 272 g/mol. The fourth-order valence-corrected chi connectivity index (χ4v) is 2.97. The van der Waals surface area contributed by atoms with Gasteiger partial charge in [-0.1, -0.05) is 0 Å². The molecule has 18 heavy (non-hydrogen) atoms. The standard InChI is InChI=1S/C12H20N2O3S/c1-10(8-9-13)14(2)18(15,16)12-6-4-11(17-3)5-7-12/h4-7,10H,8-9,13H2,1-3H3. The van der Waals surface area contributed by atoms with Gasteiger partial charge in [0.1, 0.15) is 5.75 Å². The molecule has 0 aliphatic heterocycles. The van der Waals surface area contributed by atoms with Gasteiger partial charge in [-0.15, -0.1) is 0 Å². The normalized spacial score (nSPS) is 13.6. The third kappa shape index (κ3) is 3.22. The van der Waals surface area contributed by atoms with E-state index in [2.05, 4.69) is 0 Å². The van der Waals surface area contributed by atoms with E-state index in [-0.39, 0.29) is 10.9 Å². The zero-order valence-corrected chi connectivity index (χ0v) is 11.8. The predicted octanol–water partition coefficient (Wildman–Crippen LogP) is 1.05. The maximum atomic E-state index is 12.3. The third-order valence-corrected chi connectivity index (χ3v) is 4.93. The molecule has 0 heterocycles. The van der Waals surface area contributed by atoms with Crippen LogP contribution in [0.15, 0.2) is 29.2 Å². The molecule has 0 aliphatic rings. The summed E-state index contributed by atoms with van der Waals surface area (Å²) in [6.07, 6.45) is 0.631. The molecule has 0 radical (unpaired) electrons. The Morgan fingerprint density at radius 3 is 2.33 bits per heavy atom. The average Bonchev–Trinajstić information content (AvgIpc) is 2.38. The van der Waals surface area contributed by atoms with Crippen molar-refractivity contribution >= 4 is 10.0 Å². The molecule has 0 aliphatic carbocycles. The van der Waals surface area contributed by atoms with Gasteiger partial charge in [0, 0.05) is 13.1 Å². The summed E-state index contributed by atoms with van der Waals surface area (Å²) in [7, 11) is -0.353. The molecule has 1 unspecified atom stereocenters. The minimum atomic E-state index is -3.46. The second kappa shape index (κ2) is 6.17. The Kier molecular flexibility index (Phi) is 5.13. The molecule has 0 amide bonds. The first-order valence-corrected chi connectivity index (χ1v) is 7.19. The highest BCUT2D eigenvalue weighted by molar-refractivity contribution is 7.89. The second-order valence-corrected chi connectivity index (χ2v) is 6.12. The maximum absolute atomic E-state index is 12.3. The Labute approximate surface area is 109 Å². The predicted molar refractivity (Wildman–Crippen MR) is 71.1 cm³/mol. The third-order valence-electron chi connectivity index (χ3n) is 2.94. The lowest BCUT2D eigenvalue weighted by molar-refractivity contribution is 0.374. The first kappa shape index (κ1) is 14.9. The summed E-state index contributed by atoms with van der Waals surface area (Å²) >= 11 is 0. The van der Waals surface area contributed by atoms with Crippen molar-refractivity contribution < 1.29 is 13.2 Å². The highest BCUT2D eigenvalue weighted by atomic mass is 32.2. The Balaban J connectivity index is 2.97. The number of ether oxygens (including phenoxy) is 1. The van der Waals surface area contributed by atoms with Crippen LogP contribution >= 0.6 is 0 Å². The number of rotatable bonds is 6. The van der Waals surface area contributed by atoms with Gasteiger partial charge in [0.2, 0.25) is 10.0 Å². The van der Waals surface area contributed by atoms with Gasteiger partial charge < -0.3 is 10.5 Å². The summed E-state index contributed by atoms with van der Waals surface area (Å²) in [5, 5.41) is 0. The van der Waals surface area contributed by atoms with E-state index in [1.807, 2.05) is 6.92 Å². The first-order chi connectivity index (χ1) is 8.43. The smallest absolute Gasteiger partial charge is 0.243 e. The molecule has 0 fully saturated rings. The van der Waals surface area contributed by atoms with Crippen molar-refractivity contribution in [1.82, 2.24) is 4.31 Å². The minimum absolute atomic E-state index is 0.123. The van der Waals surface area contributed by atoms with Gasteiger partial charge in [-0.05, 0) is 44.2 Å². The van der Waals surface area contributed by atoms with Crippen molar-refractivity contribution in [1.29, 1.82) is 0 Å². The lowest BCUT2D eigenvalue weighted by atomic mass is 10.2. The molecule has 0 spiro atoms. The Morgan fingerprint density at radius 1 is 1.33 bits per heavy atom. The van der Waals surface area contributed by atoms with E-state index in [4.69, 9.17) is 10.5 Å². The molecular formula is C12H20N2O3S. The maximum Gasteiger partial charge on any atom is 0.243 e. The van der Waals surface area contributed by atoms with Gasteiger partial charge in [-0.25, -0.2) is 8.42 Å². The Hall–Kier alpha value is -1.11. The van der Waals surface area contributed by atoms with E-state index in [9.17, 15) is 8.42 Å². The summed E-state index contributed by atoms with van der Waals surface area (Å²) in [4.78, 5) is 0.259. The lowest BCUT2D eigenvalue weighted by Gasteiger charge is -2.23. The first-order valence-electron chi connectivity index (χ1n) is 5.75. The largest absolute Gasteiger partial charge is 0.497 e. The molecule has 6 heteroatoms. The van der Waals surface area contributed by atoms with E-state index in [1.54, 1.807) is 38.4 Å². The molecule has 1 aromatic carbocycles. The zero-order chi connectivity index (χ0) is 13.8. The van der Waals surface area contributed by atoms with Crippen molar-refractivity contribution in [2.24, 2.45) is 5.73 Å². The van der Waals surface area contributed by atoms with E-state index >= 15 is 0 Å². The molecule has 0 aromatic heterocycles. The van der Waals surface area contributed by atoms with E-state index < -0.39 is 10.0 Å². The fraction of sp³-hybridized carbons (Fsp3) is 0.500. The quantitative estimate of drug-likeness (QED) is 0.840. The SMILES string of the molecule is COc1ccc(S(=O)(=O)N(C)C(C)CCN)cc1. The van der Waals surface area contributed by atoms with Gasteiger partial charge in [0.25, 0.3) is 0 Å². The molecule has 2 N–H and O–H groups in total. The number of nitrogens with two attached hydrogens (primary N) is 1. The number of benzene rings is 1. The molecule has 0 bridgehead atoms. The monoisotopic (exact) mass is 272 g/mol. The van der Waals surface area contributed by atoms with Gasteiger partial charge in [0.15, 0.2) is 0 Å². The van der Waals surface area contributed by atoms with Crippen LogP contribution in [-0.4, -0.2) is 39.5 Å². The molecule has 0 saturated carbocycles. The van der Waals surface area contributed by atoms with Crippen molar-refractivity contribution in [3.63, 3.8) is 0 Å². The molecule has 1 rings (SSSR count). The van der Waals surface area contributed by atoms with E-state index in [1.165, 1.54) is 4.31 Å². The molecule has 0 saturated heterocycles. The van der Waals surface area contributed by atoms with Crippen LogP contribution < -0.4 is 10.5 Å². The summed E-state index contributed by atoms with van der Waals surface area (Å²) < 4.78 is 30.9. The van der Waals surface area contributed by atoms with Crippen LogP contribution in [0.25, 0.3) is 0 Å². The fourth-order valence-electron chi connectivity index (χ4n) is 1.57. The molecule has 1 aromatic rings. The van der Waals surface area contributed by atoms with Gasteiger partial charge in [-0.2, -0.15) is 4.31 Å². The van der Waals surface area contributed by atoms with Gasteiger partial charge in [0.05, 0.1) is 12.0 Å². The van der Waals surface area contributed by atoms with Crippen molar-refractivity contribution in [2.75, 3.05) is 20.7 Å². The van der Waals surface area contributed by atoms with Crippen LogP contribution in [-0.2, 0) is 10.0 Å². The molecule has 102 valence electrons. The van der Waals surface area contributed by atoms with Crippen LogP contribution in [0.5, 0.6) is 5.75 Å². The highest BCUT2D eigenvalue weighted by Gasteiger charge is 2.24. The number of sulfonamides is 1. The van der Waals surface area contributed by atoms with Crippen molar-refractivity contribution in [2.45, 2.75) is 24.3 Å². The van der Waals surface area contributed by atoms with Crippen LogP contribution in [0.3, 0.4) is 0 Å².